The van der Waals surface area contributed by atoms with E-state index in [0.717, 1.165) is 15.8 Å². The molecule has 0 atom stereocenters. The molecule has 0 saturated heterocycles. The third-order valence-corrected chi connectivity index (χ3v) is 2.49. The van der Waals surface area contributed by atoms with Crippen molar-refractivity contribution in [2.24, 2.45) is 0 Å². The molecule has 0 unspecified atom stereocenters. The molecular weight excluding hydrogens is 252 g/mol. The van der Waals surface area contributed by atoms with Crippen molar-refractivity contribution in [3.05, 3.63) is 40.4 Å². The molecule has 15 heavy (non-hydrogen) atoms. The van der Waals surface area contributed by atoms with E-state index in [1.165, 1.54) is 5.56 Å². The number of benzene rings is 1. The number of halogens is 1. The van der Waals surface area contributed by atoms with Crippen molar-refractivity contribution < 1.29 is 4.74 Å². The third-order valence-electron chi connectivity index (χ3n) is 2.26. The SMILES string of the molecule is C=C(Br)COc1cc(C(C)C)ccc1C. The molecule has 1 rings (SSSR count). The Morgan fingerprint density at radius 1 is 1.47 bits per heavy atom. The van der Waals surface area contributed by atoms with Crippen LogP contribution in [0.3, 0.4) is 0 Å². The van der Waals surface area contributed by atoms with Gasteiger partial charge in [-0.05, 0) is 30.0 Å². The van der Waals surface area contributed by atoms with Crippen LogP contribution in [0.5, 0.6) is 5.75 Å². The van der Waals surface area contributed by atoms with Crippen molar-refractivity contribution in [2.45, 2.75) is 26.7 Å². The minimum atomic E-state index is 0.516. The first kappa shape index (κ1) is 12.3. The summed E-state index contributed by atoms with van der Waals surface area (Å²) in [5, 5.41) is 0. The van der Waals surface area contributed by atoms with E-state index in [1.807, 2.05) is 0 Å². The predicted octanol–water partition coefficient (Wildman–Crippen LogP) is 4.41. The van der Waals surface area contributed by atoms with Crippen molar-refractivity contribution in [2.75, 3.05) is 6.61 Å². The average molecular weight is 269 g/mol. The maximum absolute atomic E-state index is 5.64. The molecule has 0 fully saturated rings. The molecule has 0 spiro atoms. The van der Waals surface area contributed by atoms with E-state index in [0.29, 0.717) is 12.5 Å². The van der Waals surface area contributed by atoms with Crippen LogP contribution < -0.4 is 4.74 Å². The fourth-order valence-corrected chi connectivity index (χ4v) is 1.40. The summed E-state index contributed by atoms with van der Waals surface area (Å²) in [5.41, 5.74) is 2.46. The lowest BCUT2D eigenvalue weighted by atomic mass is 10.0. The molecule has 2 heteroatoms. The molecule has 0 saturated carbocycles. The smallest absolute Gasteiger partial charge is 0.123 e. The van der Waals surface area contributed by atoms with Gasteiger partial charge in [0.1, 0.15) is 12.4 Å². The highest BCUT2D eigenvalue weighted by Crippen LogP contribution is 2.24. The summed E-state index contributed by atoms with van der Waals surface area (Å²) in [6.45, 7) is 10.7. The van der Waals surface area contributed by atoms with Gasteiger partial charge in [0.25, 0.3) is 0 Å². The third kappa shape index (κ3) is 3.71. The highest BCUT2D eigenvalue weighted by atomic mass is 79.9. The Bertz CT molecular complexity index is 356. The summed E-state index contributed by atoms with van der Waals surface area (Å²) in [4.78, 5) is 0. The summed E-state index contributed by atoms with van der Waals surface area (Å²) in [6, 6.07) is 6.35. The Labute approximate surface area is 100 Å². The highest BCUT2D eigenvalue weighted by Gasteiger charge is 2.04. The summed E-state index contributed by atoms with van der Waals surface area (Å²) < 4.78 is 6.50. The Morgan fingerprint density at radius 2 is 2.13 bits per heavy atom. The fourth-order valence-electron chi connectivity index (χ4n) is 1.29. The number of hydrogen-bond donors (Lipinski definition) is 0. The van der Waals surface area contributed by atoms with E-state index in [9.17, 15) is 0 Å². The van der Waals surface area contributed by atoms with Crippen molar-refractivity contribution in [1.29, 1.82) is 0 Å². The second-order valence-corrected chi connectivity index (χ2v) is 5.11. The lowest BCUT2D eigenvalue weighted by Gasteiger charge is -2.12. The Hall–Kier alpha value is -0.760. The summed E-state index contributed by atoms with van der Waals surface area (Å²) in [6.07, 6.45) is 0. The normalized spacial score (nSPS) is 10.5. The van der Waals surface area contributed by atoms with Crippen LogP contribution in [0.2, 0.25) is 0 Å². The van der Waals surface area contributed by atoms with Gasteiger partial charge in [-0.15, -0.1) is 0 Å². The summed E-state index contributed by atoms with van der Waals surface area (Å²) >= 11 is 3.28. The van der Waals surface area contributed by atoms with Crippen LogP contribution in [0.15, 0.2) is 29.3 Å². The van der Waals surface area contributed by atoms with E-state index >= 15 is 0 Å². The number of rotatable bonds is 4. The zero-order valence-corrected chi connectivity index (χ0v) is 11.1. The quantitative estimate of drug-likeness (QED) is 0.786. The number of ether oxygens (including phenoxy) is 1. The molecule has 0 aliphatic heterocycles. The maximum Gasteiger partial charge on any atom is 0.123 e. The Kier molecular flexibility index (Phi) is 4.40. The highest BCUT2D eigenvalue weighted by molar-refractivity contribution is 9.11. The average Bonchev–Trinajstić information content (AvgIpc) is 2.16. The molecule has 1 nitrogen and oxygen atoms in total. The van der Waals surface area contributed by atoms with Gasteiger partial charge >= 0.3 is 0 Å². The lowest BCUT2D eigenvalue weighted by Crippen LogP contribution is -1.99. The van der Waals surface area contributed by atoms with Gasteiger partial charge < -0.3 is 4.74 Å². The van der Waals surface area contributed by atoms with Crippen LogP contribution in [0.4, 0.5) is 0 Å². The first-order valence-electron chi connectivity index (χ1n) is 5.07. The topological polar surface area (TPSA) is 9.23 Å². The van der Waals surface area contributed by atoms with Gasteiger partial charge in [0.2, 0.25) is 0 Å². The molecule has 0 bridgehead atoms. The molecule has 0 aromatic heterocycles. The van der Waals surface area contributed by atoms with Crippen LogP contribution in [-0.2, 0) is 0 Å². The molecule has 0 heterocycles. The largest absolute Gasteiger partial charge is 0.488 e. The van der Waals surface area contributed by atoms with Gasteiger partial charge in [-0.2, -0.15) is 0 Å². The van der Waals surface area contributed by atoms with E-state index in [-0.39, 0.29) is 0 Å². The lowest BCUT2D eigenvalue weighted by molar-refractivity contribution is 0.358. The monoisotopic (exact) mass is 268 g/mol. The second-order valence-electron chi connectivity index (χ2n) is 3.99. The zero-order valence-electron chi connectivity index (χ0n) is 9.51. The van der Waals surface area contributed by atoms with E-state index in [1.54, 1.807) is 0 Å². The van der Waals surface area contributed by atoms with Crippen LogP contribution in [0.25, 0.3) is 0 Å². The van der Waals surface area contributed by atoms with Gasteiger partial charge in [-0.3, -0.25) is 0 Å². The van der Waals surface area contributed by atoms with E-state index in [4.69, 9.17) is 4.74 Å². The molecule has 0 N–H and O–H groups in total. The van der Waals surface area contributed by atoms with Crippen LogP contribution in [0.1, 0.15) is 30.9 Å². The van der Waals surface area contributed by atoms with Crippen LogP contribution >= 0.6 is 15.9 Å². The van der Waals surface area contributed by atoms with Gasteiger partial charge in [-0.25, -0.2) is 0 Å². The molecule has 0 aliphatic rings. The van der Waals surface area contributed by atoms with Crippen molar-refractivity contribution in [1.82, 2.24) is 0 Å². The minimum absolute atomic E-state index is 0.516. The van der Waals surface area contributed by atoms with E-state index in [2.05, 4.69) is 61.5 Å². The molecule has 0 radical (unpaired) electrons. The van der Waals surface area contributed by atoms with Crippen molar-refractivity contribution >= 4 is 15.9 Å². The van der Waals surface area contributed by atoms with Gasteiger partial charge in [0.05, 0.1) is 0 Å². The van der Waals surface area contributed by atoms with Crippen molar-refractivity contribution in [3.8, 4) is 5.75 Å². The summed E-state index contributed by atoms with van der Waals surface area (Å²) in [7, 11) is 0. The minimum Gasteiger partial charge on any atom is -0.488 e. The molecular formula is C13H17BrO. The molecule has 82 valence electrons. The molecule has 0 amide bonds. The molecule has 0 aliphatic carbocycles. The Balaban J connectivity index is 2.85. The molecule has 1 aromatic rings. The predicted molar refractivity (Wildman–Crippen MR) is 68.8 cm³/mol. The summed E-state index contributed by atoms with van der Waals surface area (Å²) in [5.74, 6) is 1.47. The fraction of sp³-hybridized carbons (Fsp3) is 0.385. The number of hydrogen-bond acceptors (Lipinski definition) is 1. The zero-order chi connectivity index (χ0) is 11.4. The standard InChI is InChI=1S/C13H17BrO/c1-9(2)12-6-5-10(3)13(7-12)15-8-11(4)14/h5-7,9H,4,8H2,1-3H3. The first-order chi connectivity index (χ1) is 7.00. The van der Waals surface area contributed by atoms with Gasteiger partial charge in [0.15, 0.2) is 0 Å². The molecule has 1 aromatic carbocycles. The van der Waals surface area contributed by atoms with Crippen LogP contribution in [0, 0.1) is 6.92 Å². The van der Waals surface area contributed by atoms with Crippen LogP contribution in [-0.4, -0.2) is 6.61 Å². The maximum atomic E-state index is 5.64. The Morgan fingerprint density at radius 3 is 2.67 bits per heavy atom. The first-order valence-corrected chi connectivity index (χ1v) is 5.86. The second kappa shape index (κ2) is 5.36. The number of aryl methyl sites for hydroxylation is 1. The van der Waals surface area contributed by atoms with Crippen molar-refractivity contribution in [3.63, 3.8) is 0 Å². The van der Waals surface area contributed by atoms with Gasteiger partial charge in [0, 0.05) is 4.48 Å². The van der Waals surface area contributed by atoms with Gasteiger partial charge in [-0.1, -0.05) is 48.5 Å². The van der Waals surface area contributed by atoms with E-state index < -0.39 is 0 Å².